The number of carbonyl (C=O) groups is 2. The SMILES string of the molecule is C=C(C(=O)N1CCC(C(=O)OCC)CC1)c1ccc(Sc2ccccc2C(C)C)c(Cl)c1Cl. The predicted octanol–water partition coefficient (Wildman–Crippen LogP) is 7.08. The molecule has 2 aromatic rings. The minimum Gasteiger partial charge on any atom is -0.466 e. The van der Waals surface area contributed by atoms with Crippen molar-refractivity contribution in [2.75, 3.05) is 19.7 Å². The summed E-state index contributed by atoms with van der Waals surface area (Å²) in [6, 6.07) is 11.9. The summed E-state index contributed by atoms with van der Waals surface area (Å²) in [5.74, 6) is -0.163. The number of amides is 1. The fourth-order valence-electron chi connectivity index (χ4n) is 3.90. The van der Waals surface area contributed by atoms with Crippen LogP contribution >= 0.6 is 35.0 Å². The molecule has 0 atom stereocenters. The summed E-state index contributed by atoms with van der Waals surface area (Å²) in [6.45, 7) is 11.4. The van der Waals surface area contributed by atoms with Crippen molar-refractivity contribution in [3.63, 3.8) is 0 Å². The van der Waals surface area contributed by atoms with Crippen LogP contribution in [0.1, 0.15) is 50.7 Å². The van der Waals surface area contributed by atoms with Crippen molar-refractivity contribution in [3.05, 3.63) is 64.1 Å². The summed E-state index contributed by atoms with van der Waals surface area (Å²) in [5.41, 5.74) is 2.07. The smallest absolute Gasteiger partial charge is 0.309 e. The Hall–Kier alpha value is -1.95. The maximum Gasteiger partial charge on any atom is 0.309 e. The lowest BCUT2D eigenvalue weighted by atomic mass is 9.96. The predicted molar refractivity (Wildman–Crippen MR) is 136 cm³/mol. The Morgan fingerprint density at radius 1 is 1.09 bits per heavy atom. The highest BCUT2D eigenvalue weighted by Gasteiger charge is 2.30. The molecule has 2 aromatic carbocycles. The first-order chi connectivity index (χ1) is 15.7. The van der Waals surface area contributed by atoms with Gasteiger partial charge in [0.25, 0.3) is 5.91 Å². The van der Waals surface area contributed by atoms with Crippen molar-refractivity contribution < 1.29 is 14.3 Å². The molecule has 4 nitrogen and oxygen atoms in total. The molecule has 33 heavy (non-hydrogen) atoms. The molecule has 1 saturated heterocycles. The van der Waals surface area contributed by atoms with Crippen LogP contribution in [0.5, 0.6) is 0 Å². The number of hydrogen-bond acceptors (Lipinski definition) is 4. The van der Waals surface area contributed by atoms with Gasteiger partial charge in [-0.1, -0.05) is 79.7 Å². The van der Waals surface area contributed by atoms with E-state index in [9.17, 15) is 9.59 Å². The van der Waals surface area contributed by atoms with Crippen molar-refractivity contribution >= 4 is 52.4 Å². The topological polar surface area (TPSA) is 46.6 Å². The maximum absolute atomic E-state index is 13.1. The number of esters is 1. The van der Waals surface area contributed by atoms with E-state index in [1.807, 2.05) is 18.2 Å². The standard InChI is InChI=1S/C26H29Cl2NO3S/c1-5-32-26(31)18-12-14-29(15-13-18)25(30)17(4)20-10-11-22(24(28)23(20)27)33-21-9-7-6-8-19(21)16(2)3/h6-11,16,18H,4-5,12-15H2,1-3H3. The lowest BCUT2D eigenvalue weighted by Crippen LogP contribution is -2.40. The third-order valence-electron chi connectivity index (χ3n) is 5.79. The summed E-state index contributed by atoms with van der Waals surface area (Å²) >= 11 is 14.8. The molecule has 1 fully saturated rings. The zero-order valence-electron chi connectivity index (χ0n) is 19.2. The first-order valence-electron chi connectivity index (χ1n) is 11.1. The van der Waals surface area contributed by atoms with Gasteiger partial charge < -0.3 is 9.64 Å². The number of piperidine rings is 1. The van der Waals surface area contributed by atoms with Crippen molar-refractivity contribution in [1.29, 1.82) is 0 Å². The van der Waals surface area contributed by atoms with Gasteiger partial charge >= 0.3 is 5.97 Å². The van der Waals surface area contributed by atoms with Crippen LogP contribution in [0.3, 0.4) is 0 Å². The average Bonchev–Trinajstić information content (AvgIpc) is 2.81. The second-order valence-electron chi connectivity index (χ2n) is 8.33. The van der Waals surface area contributed by atoms with Crippen molar-refractivity contribution in [3.8, 4) is 0 Å². The van der Waals surface area contributed by atoms with Crippen molar-refractivity contribution in [1.82, 2.24) is 4.90 Å². The lowest BCUT2D eigenvalue weighted by molar-refractivity contribution is -0.150. The van der Waals surface area contributed by atoms with E-state index in [0.29, 0.717) is 59.6 Å². The number of hydrogen-bond donors (Lipinski definition) is 0. The van der Waals surface area contributed by atoms with Crippen LogP contribution in [0, 0.1) is 5.92 Å². The Morgan fingerprint density at radius 2 is 1.76 bits per heavy atom. The number of benzene rings is 2. The largest absolute Gasteiger partial charge is 0.466 e. The molecule has 0 bridgehead atoms. The highest BCUT2D eigenvalue weighted by atomic mass is 35.5. The molecule has 0 saturated carbocycles. The van der Waals surface area contributed by atoms with Crippen LogP contribution in [0.4, 0.5) is 0 Å². The quantitative estimate of drug-likeness (QED) is 0.297. The normalized spacial score (nSPS) is 14.4. The van der Waals surface area contributed by atoms with Crippen LogP contribution in [0.25, 0.3) is 5.57 Å². The molecule has 7 heteroatoms. The molecule has 1 heterocycles. The molecule has 1 aliphatic rings. The van der Waals surface area contributed by atoms with Gasteiger partial charge in [0.05, 0.1) is 22.6 Å². The number of nitrogens with zero attached hydrogens (tertiary/aromatic N) is 1. The number of likely N-dealkylation sites (tertiary alicyclic amines) is 1. The minimum atomic E-state index is -0.194. The van der Waals surface area contributed by atoms with Crippen LogP contribution in [0.15, 0.2) is 52.8 Å². The third-order valence-corrected chi connectivity index (χ3v) is 7.94. The Balaban J connectivity index is 1.73. The van der Waals surface area contributed by atoms with Crippen LogP contribution in [-0.2, 0) is 14.3 Å². The van der Waals surface area contributed by atoms with E-state index in [1.54, 1.807) is 29.7 Å². The fourth-order valence-corrected chi connectivity index (χ4v) is 5.65. The average molecular weight is 506 g/mol. The molecule has 176 valence electrons. The fraction of sp³-hybridized carbons (Fsp3) is 0.385. The Bertz CT molecular complexity index is 1050. The Kier molecular flexibility index (Phi) is 8.91. The van der Waals surface area contributed by atoms with Gasteiger partial charge in [-0.25, -0.2) is 0 Å². The van der Waals surface area contributed by atoms with E-state index < -0.39 is 0 Å². The summed E-state index contributed by atoms with van der Waals surface area (Å²) in [6.07, 6.45) is 1.16. The lowest BCUT2D eigenvalue weighted by Gasteiger charge is -2.31. The first kappa shape index (κ1) is 25.7. The van der Waals surface area contributed by atoms with Crippen LogP contribution in [0.2, 0.25) is 10.0 Å². The van der Waals surface area contributed by atoms with Crippen LogP contribution in [-0.4, -0.2) is 36.5 Å². The van der Waals surface area contributed by atoms with Crippen molar-refractivity contribution in [2.24, 2.45) is 5.92 Å². The van der Waals surface area contributed by atoms with E-state index in [1.165, 1.54) is 5.56 Å². The van der Waals surface area contributed by atoms with E-state index in [4.69, 9.17) is 27.9 Å². The van der Waals surface area contributed by atoms with E-state index in [-0.39, 0.29) is 17.8 Å². The zero-order valence-corrected chi connectivity index (χ0v) is 21.5. The van der Waals surface area contributed by atoms with E-state index in [0.717, 1.165) is 9.79 Å². The van der Waals surface area contributed by atoms with Gasteiger partial charge in [-0.05, 0) is 43.4 Å². The van der Waals surface area contributed by atoms with Crippen molar-refractivity contribution in [2.45, 2.75) is 49.3 Å². The highest BCUT2D eigenvalue weighted by molar-refractivity contribution is 7.99. The Labute approximate surface area is 210 Å². The molecular weight excluding hydrogens is 477 g/mol. The van der Waals surface area contributed by atoms with Gasteiger partial charge in [-0.3, -0.25) is 9.59 Å². The molecular formula is C26H29Cl2NO3S. The van der Waals surface area contributed by atoms with E-state index in [2.05, 4.69) is 32.6 Å². The second kappa shape index (κ2) is 11.5. The third kappa shape index (κ3) is 5.95. The summed E-state index contributed by atoms with van der Waals surface area (Å²) in [5, 5.41) is 0.733. The molecule has 0 unspecified atom stereocenters. The second-order valence-corrected chi connectivity index (χ2v) is 10.2. The maximum atomic E-state index is 13.1. The summed E-state index contributed by atoms with van der Waals surface area (Å²) in [4.78, 5) is 28.7. The Morgan fingerprint density at radius 3 is 2.39 bits per heavy atom. The first-order valence-corrected chi connectivity index (χ1v) is 12.7. The number of halogens is 2. The number of rotatable bonds is 7. The van der Waals surface area contributed by atoms with Crippen LogP contribution < -0.4 is 0 Å². The van der Waals surface area contributed by atoms with Gasteiger partial charge in [0, 0.05) is 34.0 Å². The number of ether oxygens (including phenoxy) is 1. The minimum absolute atomic E-state index is 0.162. The van der Waals surface area contributed by atoms with E-state index >= 15 is 0 Å². The molecule has 3 rings (SSSR count). The van der Waals surface area contributed by atoms with Gasteiger partial charge in [-0.2, -0.15) is 0 Å². The van der Waals surface area contributed by atoms with Gasteiger partial charge in [0.2, 0.25) is 0 Å². The summed E-state index contributed by atoms with van der Waals surface area (Å²) in [7, 11) is 0. The van der Waals surface area contributed by atoms with Gasteiger partial charge in [-0.15, -0.1) is 0 Å². The van der Waals surface area contributed by atoms with Gasteiger partial charge in [0.15, 0.2) is 0 Å². The molecule has 0 aliphatic carbocycles. The molecule has 0 radical (unpaired) electrons. The molecule has 0 spiro atoms. The zero-order chi connectivity index (χ0) is 24.1. The summed E-state index contributed by atoms with van der Waals surface area (Å²) < 4.78 is 5.10. The monoisotopic (exact) mass is 505 g/mol. The molecule has 0 aromatic heterocycles. The van der Waals surface area contributed by atoms with Gasteiger partial charge in [0.1, 0.15) is 0 Å². The highest BCUT2D eigenvalue weighted by Crippen LogP contribution is 2.42. The molecule has 1 amide bonds. The number of carbonyl (C=O) groups excluding carboxylic acids is 2. The molecule has 1 aliphatic heterocycles. The molecule has 0 N–H and O–H groups in total.